The first kappa shape index (κ1) is 20.3. The molecule has 0 aromatic heterocycles. The first-order chi connectivity index (χ1) is 13.4. The van der Waals surface area contributed by atoms with Crippen LogP contribution in [0, 0.1) is 0 Å². The highest BCUT2D eigenvalue weighted by molar-refractivity contribution is 6.35. The van der Waals surface area contributed by atoms with Gasteiger partial charge >= 0.3 is 0 Å². The van der Waals surface area contributed by atoms with Crippen LogP contribution in [0.2, 0.25) is 10.0 Å². The van der Waals surface area contributed by atoms with Gasteiger partial charge in [0, 0.05) is 30.3 Å². The number of nitrogens with zero attached hydrogens (tertiary/aromatic N) is 1. The van der Waals surface area contributed by atoms with E-state index in [0.29, 0.717) is 35.4 Å². The van der Waals surface area contributed by atoms with Crippen molar-refractivity contribution in [3.8, 4) is 5.75 Å². The van der Waals surface area contributed by atoms with Crippen LogP contribution in [0.3, 0.4) is 0 Å². The Bertz CT molecular complexity index is 858. The van der Waals surface area contributed by atoms with Gasteiger partial charge in [0.05, 0.1) is 11.6 Å². The molecular weight excluding hydrogens is 401 g/mol. The smallest absolute Gasteiger partial charge is 0.261 e. The highest BCUT2D eigenvalue weighted by Crippen LogP contribution is 2.28. The van der Waals surface area contributed by atoms with Gasteiger partial charge < -0.3 is 20.3 Å². The molecule has 1 heterocycles. The van der Waals surface area contributed by atoms with Crippen LogP contribution in [-0.4, -0.2) is 37.6 Å². The topological polar surface area (TPSA) is 70.7 Å². The second-order valence-corrected chi connectivity index (χ2v) is 7.33. The number of halogens is 2. The van der Waals surface area contributed by atoms with Crippen LogP contribution in [0.5, 0.6) is 5.75 Å². The van der Waals surface area contributed by atoms with E-state index in [1.807, 2.05) is 29.2 Å². The third-order valence-corrected chi connectivity index (χ3v) is 4.90. The van der Waals surface area contributed by atoms with Crippen molar-refractivity contribution in [3.05, 3.63) is 58.1 Å². The molecule has 28 heavy (non-hydrogen) atoms. The van der Waals surface area contributed by atoms with Crippen LogP contribution in [-0.2, 0) is 16.1 Å². The van der Waals surface area contributed by atoms with E-state index in [9.17, 15) is 9.59 Å². The Balaban J connectivity index is 1.51. The Kier molecular flexibility index (Phi) is 6.65. The predicted molar refractivity (Wildman–Crippen MR) is 110 cm³/mol. The number of rotatable bonds is 6. The summed E-state index contributed by atoms with van der Waals surface area (Å²) in [7, 11) is 0. The number of carbonyl (C=O) groups is 2. The van der Waals surface area contributed by atoms with E-state index < -0.39 is 6.10 Å². The van der Waals surface area contributed by atoms with E-state index in [1.54, 1.807) is 25.1 Å². The molecule has 1 atom stereocenters. The fourth-order valence-electron chi connectivity index (χ4n) is 2.83. The normalized spacial score (nSPS) is 15.0. The van der Waals surface area contributed by atoms with Crippen LogP contribution >= 0.6 is 23.2 Å². The second-order valence-electron chi connectivity index (χ2n) is 6.49. The summed E-state index contributed by atoms with van der Waals surface area (Å²) < 4.78 is 5.61. The molecule has 0 spiro atoms. The highest BCUT2D eigenvalue weighted by Gasteiger charge is 2.17. The first-order valence-corrected chi connectivity index (χ1v) is 9.68. The van der Waals surface area contributed by atoms with E-state index in [0.717, 1.165) is 17.8 Å². The van der Waals surface area contributed by atoms with E-state index >= 15 is 0 Å². The van der Waals surface area contributed by atoms with Crippen molar-refractivity contribution in [1.82, 2.24) is 10.6 Å². The number of hydrogen-bond acceptors (Lipinski definition) is 4. The molecule has 6 nitrogen and oxygen atoms in total. The van der Waals surface area contributed by atoms with Gasteiger partial charge in [0.2, 0.25) is 5.91 Å². The van der Waals surface area contributed by atoms with Gasteiger partial charge in [-0.05, 0) is 42.8 Å². The van der Waals surface area contributed by atoms with Crippen molar-refractivity contribution < 1.29 is 14.3 Å². The highest BCUT2D eigenvalue weighted by atomic mass is 35.5. The molecule has 1 unspecified atom stereocenters. The monoisotopic (exact) mass is 421 g/mol. The lowest BCUT2D eigenvalue weighted by molar-refractivity contribution is -0.127. The van der Waals surface area contributed by atoms with Crippen LogP contribution in [0.15, 0.2) is 42.5 Å². The summed E-state index contributed by atoms with van der Waals surface area (Å²) in [6.45, 7) is 3.82. The average Bonchev–Trinajstić information content (AvgIpc) is 2.68. The fraction of sp³-hybridized carbons (Fsp3) is 0.300. The van der Waals surface area contributed by atoms with Crippen molar-refractivity contribution in [2.75, 3.05) is 24.5 Å². The van der Waals surface area contributed by atoms with Crippen LogP contribution < -0.4 is 20.3 Å². The average molecular weight is 422 g/mol. The molecule has 1 fully saturated rings. The van der Waals surface area contributed by atoms with Crippen molar-refractivity contribution in [1.29, 1.82) is 0 Å². The van der Waals surface area contributed by atoms with Gasteiger partial charge in [0.15, 0.2) is 6.10 Å². The van der Waals surface area contributed by atoms with E-state index in [4.69, 9.17) is 27.9 Å². The first-order valence-electron chi connectivity index (χ1n) is 8.92. The molecule has 1 aliphatic rings. The Morgan fingerprint density at radius 3 is 2.68 bits per heavy atom. The van der Waals surface area contributed by atoms with Crippen LogP contribution in [0.4, 0.5) is 5.69 Å². The molecule has 148 valence electrons. The summed E-state index contributed by atoms with van der Waals surface area (Å²) in [6, 6.07) is 12.6. The van der Waals surface area contributed by atoms with Crippen molar-refractivity contribution in [3.63, 3.8) is 0 Å². The summed E-state index contributed by atoms with van der Waals surface area (Å²) >= 11 is 11.9. The summed E-state index contributed by atoms with van der Waals surface area (Å²) in [4.78, 5) is 25.8. The number of benzene rings is 2. The van der Waals surface area contributed by atoms with E-state index in [-0.39, 0.29) is 11.8 Å². The van der Waals surface area contributed by atoms with Gasteiger partial charge in [0.1, 0.15) is 5.75 Å². The van der Waals surface area contributed by atoms with E-state index in [1.165, 1.54) is 0 Å². The zero-order chi connectivity index (χ0) is 20.1. The van der Waals surface area contributed by atoms with Crippen molar-refractivity contribution in [2.45, 2.75) is 19.6 Å². The standard InChI is InChI=1S/C20H21Cl2N3O3/c1-13(28-18-7-4-15(21)10-17(18)22)20(27)24-11-14-2-5-16(6-3-14)25-9-8-23-19(26)12-25/h2-7,10,13H,8-9,11-12H2,1H3,(H,23,26)(H,24,27). The SMILES string of the molecule is CC(Oc1ccc(Cl)cc1Cl)C(=O)NCc1ccc(N2CCNC(=O)C2)cc1. The zero-order valence-corrected chi connectivity index (χ0v) is 16.9. The van der Waals surface area contributed by atoms with E-state index in [2.05, 4.69) is 10.6 Å². The molecule has 0 bridgehead atoms. The zero-order valence-electron chi connectivity index (χ0n) is 15.4. The quantitative estimate of drug-likeness (QED) is 0.751. The number of hydrogen-bond donors (Lipinski definition) is 2. The maximum Gasteiger partial charge on any atom is 0.261 e. The van der Waals surface area contributed by atoms with Gasteiger partial charge in [-0.1, -0.05) is 35.3 Å². The minimum Gasteiger partial charge on any atom is -0.479 e. The Hall–Kier alpha value is -2.44. The summed E-state index contributed by atoms with van der Waals surface area (Å²) in [5.74, 6) is 0.184. The Morgan fingerprint density at radius 2 is 2.00 bits per heavy atom. The van der Waals surface area contributed by atoms with Gasteiger partial charge in [-0.15, -0.1) is 0 Å². The molecule has 2 amide bonds. The Morgan fingerprint density at radius 1 is 1.25 bits per heavy atom. The maximum absolute atomic E-state index is 12.3. The van der Waals surface area contributed by atoms with Gasteiger partial charge in [-0.3, -0.25) is 9.59 Å². The minimum atomic E-state index is -0.704. The summed E-state index contributed by atoms with van der Waals surface area (Å²) in [6.07, 6.45) is -0.704. The molecule has 1 saturated heterocycles. The number of amides is 2. The number of nitrogens with one attached hydrogen (secondary N) is 2. The summed E-state index contributed by atoms with van der Waals surface area (Å²) in [5, 5.41) is 6.51. The van der Waals surface area contributed by atoms with Crippen LogP contribution in [0.25, 0.3) is 0 Å². The minimum absolute atomic E-state index is 0.0253. The number of anilines is 1. The molecule has 0 saturated carbocycles. The molecule has 8 heteroatoms. The molecule has 0 radical (unpaired) electrons. The molecule has 2 aromatic rings. The van der Waals surface area contributed by atoms with Crippen molar-refractivity contribution >= 4 is 40.7 Å². The van der Waals surface area contributed by atoms with Gasteiger partial charge in [0.25, 0.3) is 5.91 Å². The largest absolute Gasteiger partial charge is 0.479 e. The Labute approximate surface area is 173 Å². The summed E-state index contributed by atoms with van der Waals surface area (Å²) in [5.41, 5.74) is 1.94. The number of piperazine rings is 1. The lowest BCUT2D eigenvalue weighted by atomic mass is 10.1. The maximum atomic E-state index is 12.3. The van der Waals surface area contributed by atoms with Gasteiger partial charge in [-0.2, -0.15) is 0 Å². The molecular formula is C20H21Cl2N3O3. The molecule has 3 rings (SSSR count). The van der Waals surface area contributed by atoms with Crippen LogP contribution in [0.1, 0.15) is 12.5 Å². The molecule has 2 aromatic carbocycles. The molecule has 2 N–H and O–H groups in total. The molecule has 1 aliphatic heterocycles. The lowest BCUT2D eigenvalue weighted by Gasteiger charge is -2.28. The molecule has 0 aliphatic carbocycles. The van der Waals surface area contributed by atoms with Crippen molar-refractivity contribution in [2.24, 2.45) is 0 Å². The second kappa shape index (κ2) is 9.17. The van der Waals surface area contributed by atoms with Gasteiger partial charge in [-0.25, -0.2) is 0 Å². The third-order valence-electron chi connectivity index (χ3n) is 4.37. The fourth-order valence-corrected chi connectivity index (χ4v) is 3.28. The number of carbonyl (C=O) groups excluding carboxylic acids is 2. The lowest BCUT2D eigenvalue weighted by Crippen LogP contribution is -2.47. The predicted octanol–water partition coefficient (Wildman–Crippen LogP) is 3.01. The number of ether oxygens (including phenoxy) is 1. The third kappa shape index (κ3) is 5.30.